The van der Waals surface area contributed by atoms with E-state index in [2.05, 4.69) is 0 Å². The van der Waals surface area contributed by atoms with E-state index < -0.39 is 12.1 Å². The Morgan fingerprint density at radius 1 is 1.78 bits per heavy atom. The normalized spacial score (nSPS) is 11.8. The predicted octanol–water partition coefficient (Wildman–Crippen LogP) is -2.65. The van der Waals surface area contributed by atoms with Crippen molar-refractivity contribution < 1.29 is 46.0 Å². The maximum absolute atomic E-state index is 9.79. The molecule has 0 aliphatic rings. The average Bonchev–Trinajstić information content (AvgIpc) is 1.61. The number of aliphatic hydroxyl groups excluding tert-OH is 1. The van der Waals surface area contributed by atoms with E-state index in [4.69, 9.17) is 10.2 Å². The molecule has 4 heteroatoms. The van der Waals surface area contributed by atoms with E-state index in [9.17, 15) is 4.79 Å². The molecule has 1 unspecified atom stereocenters. The van der Waals surface area contributed by atoms with Crippen molar-refractivity contribution in [3.05, 3.63) is 0 Å². The molecule has 0 aliphatic carbocycles. The van der Waals surface area contributed by atoms with Crippen molar-refractivity contribution >= 4 is 5.97 Å². The first-order valence-corrected chi connectivity index (χ1v) is 2.53. The first-order valence-electron chi connectivity index (χ1n) is 2.53. The van der Waals surface area contributed by atoms with Crippen LogP contribution in [0.3, 0.4) is 0 Å². The molecule has 1 atom stereocenters. The van der Waals surface area contributed by atoms with E-state index in [1.54, 1.807) is 6.92 Å². The Morgan fingerprint density at radius 3 is 2.33 bits per heavy atom. The molecular weight excluding hydrogens is 131 g/mol. The summed E-state index contributed by atoms with van der Waals surface area (Å²) in [6.07, 6.45) is -0.0985. The maximum Gasteiger partial charge on any atom is 1.00 e. The summed E-state index contributed by atoms with van der Waals surface area (Å²) < 4.78 is 0. The predicted molar refractivity (Wildman–Crippen MR) is 29.7 cm³/mol. The zero-order valence-electron chi connectivity index (χ0n) is 6.79. The molecule has 50 valence electrons. The second-order valence-corrected chi connectivity index (χ2v) is 1.78. The third kappa shape index (κ3) is 11.8. The van der Waals surface area contributed by atoms with Crippen LogP contribution in [-0.4, -0.2) is 22.3 Å². The molecular formula is C5H11NaO3. The molecule has 0 saturated heterocycles. The second kappa shape index (κ2) is 6.55. The van der Waals surface area contributed by atoms with Crippen LogP contribution in [0.25, 0.3) is 0 Å². The molecule has 0 heterocycles. The monoisotopic (exact) mass is 142 g/mol. The van der Waals surface area contributed by atoms with E-state index in [1.165, 1.54) is 0 Å². The van der Waals surface area contributed by atoms with Crippen molar-refractivity contribution in [1.82, 2.24) is 0 Å². The Hall–Kier alpha value is 0.430. The number of aliphatic carboxylic acids is 1. The van der Waals surface area contributed by atoms with Crippen molar-refractivity contribution in [2.75, 3.05) is 0 Å². The Morgan fingerprint density at radius 2 is 2.22 bits per heavy atom. The zero-order valence-corrected chi connectivity index (χ0v) is 7.79. The molecule has 0 saturated carbocycles. The van der Waals surface area contributed by atoms with Crippen LogP contribution in [0, 0.1) is 0 Å². The molecule has 0 radical (unpaired) electrons. The Labute approximate surface area is 77.8 Å². The molecule has 0 aromatic heterocycles. The number of hydrogen-bond acceptors (Lipinski definition) is 2. The third-order valence-corrected chi connectivity index (χ3v) is 0.776. The summed E-state index contributed by atoms with van der Waals surface area (Å²) in [5.41, 5.74) is 0. The smallest absolute Gasteiger partial charge is 1.00 e. The van der Waals surface area contributed by atoms with Crippen LogP contribution in [-0.2, 0) is 4.79 Å². The summed E-state index contributed by atoms with van der Waals surface area (Å²) in [7, 11) is 0. The van der Waals surface area contributed by atoms with Gasteiger partial charge in [0.1, 0.15) is 0 Å². The van der Waals surface area contributed by atoms with Crippen LogP contribution in [0.5, 0.6) is 0 Å². The minimum Gasteiger partial charge on any atom is -1.00 e. The number of aliphatic hydroxyl groups is 1. The van der Waals surface area contributed by atoms with Gasteiger partial charge in [-0.1, -0.05) is 0 Å². The van der Waals surface area contributed by atoms with Crippen LogP contribution in [0.1, 0.15) is 21.2 Å². The van der Waals surface area contributed by atoms with Crippen molar-refractivity contribution in [3.8, 4) is 0 Å². The van der Waals surface area contributed by atoms with Gasteiger partial charge < -0.3 is 11.6 Å². The Balaban J connectivity index is -0.000000245. The largest absolute Gasteiger partial charge is 1.00 e. The number of carbonyl (C=O) groups is 1. The van der Waals surface area contributed by atoms with Gasteiger partial charge in [-0.2, -0.15) is 0 Å². The summed E-state index contributed by atoms with van der Waals surface area (Å²) in [6, 6.07) is 0. The van der Waals surface area contributed by atoms with Crippen molar-refractivity contribution in [3.63, 3.8) is 0 Å². The first kappa shape index (κ1) is 12.1. The topological polar surface area (TPSA) is 57.5 Å². The van der Waals surface area contributed by atoms with Gasteiger partial charge >= 0.3 is 35.5 Å². The van der Waals surface area contributed by atoms with Gasteiger partial charge in [-0.25, -0.2) is 0 Å². The van der Waals surface area contributed by atoms with Crippen molar-refractivity contribution in [1.29, 1.82) is 0 Å². The van der Waals surface area contributed by atoms with Gasteiger partial charge in [0, 0.05) is 6.42 Å². The van der Waals surface area contributed by atoms with Gasteiger partial charge in [-0.05, 0) is 13.3 Å². The molecule has 0 aromatic carbocycles. The van der Waals surface area contributed by atoms with Crippen LogP contribution in [0.15, 0.2) is 0 Å². The van der Waals surface area contributed by atoms with Gasteiger partial charge in [0.05, 0.1) is 6.10 Å². The quantitative estimate of drug-likeness (QED) is 0.423. The van der Waals surface area contributed by atoms with Gasteiger partial charge in [-0.15, -0.1) is 0 Å². The van der Waals surface area contributed by atoms with Gasteiger partial charge in [0.25, 0.3) is 0 Å². The molecule has 9 heavy (non-hydrogen) atoms. The molecule has 0 amide bonds. The van der Waals surface area contributed by atoms with Crippen molar-refractivity contribution in [2.45, 2.75) is 25.9 Å². The molecule has 2 N–H and O–H groups in total. The molecule has 0 aliphatic heterocycles. The first-order chi connectivity index (χ1) is 3.63. The molecule has 0 fully saturated rings. The number of rotatable bonds is 3. The molecule has 0 spiro atoms. The van der Waals surface area contributed by atoms with Crippen LogP contribution < -0.4 is 29.6 Å². The summed E-state index contributed by atoms with van der Waals surface area (Å²) in [5.74, 6) is -0.856. The zero-order chi connectivity index (χ0) is 6.57. The number of carboxylic acids is 1. The standard InChI is InChI=1S/C5H10O3.Na.H/c1-4(6)2-3-5(7)8;;/h4,6H,2-3H2,1H3,(H,7,8);;/q;+1;-1. The number of hydrogen-bond donors (Lipinski definition) is 2. The fourth-order valence-electron chi connectivity index (χ4n) is 0.332. The maximum atomic E-state index is 9.79. The summed E-state index contributed by atoms with van der Waals surface area (Å²) in [6.45, 7) is 1.57. The van der Waals surface area contributed by atoms with E-state index in [-0.39, 0.29) is 37.4 Å². The summed E-state index contributed by atoms with van der Waals surface area (Å²) in [5, 5.41) is 16.6. The summed E-state index contributed by atoms with van der Waals surface area (Å²) >= 11 is 0. The van der Waals surface area contributed by atoms with Gasteiger partial charge in [0.2, 0.25) is 0 Å². The Bertz CT molecular complexity index is 87.0. The molecule has 0 aromatic rings. The fraction of sp³-hybridized carbons (Fsp3) is 0.800. The summed E-state index contributed by atoms with van der Waals surface area (Å²) in [4.78, 5) is 9.79. The van der Waals surface area contributed by atoms with Crippen molar-refractivity contribution in [2.24, 2.45) is 0 Å². The Kier molecular flexibility index (Phi) is 8.83. The van der Waals surface area contributed by atoms with E-state index in [0.29, 0.717) is 6.42 Å². The van der Waals surface area contributed by atoms with Gasteiger partial charge in [0.15, 0.2) is 0 Å². The molecule has 0 bridgehead atoms. The SMILES string of the molecule is CC(O)CCC(=O)O.[H-].[Na+]. The van der Waals surface area contributed by atoms with E-state index in [0.717, 1.165) is 0 Å². The number of carboxylic acid groups (broad SMARTS) is 1. The average molecular weight is 142 g/mol. The fourth-order valence-corrected chi connectivity index (χ4v) is 0.332. The van der Waals surface area contributed by atoms with Crippen LogP contribution in [0.2, 0.25) is 0 Å². The molecule has 0 rings (SSSR count). The van der Waals surface area contributed by atoms with E-state index in [1.807, 2.05) is 0 Å². The van der Waals surface area contributed by atoms with E-state index >= 15 is 0 Å². The minimum absolute atomic E-state index is 0. The second-order valence-electron chi connectivity index (χ2n) is 1.78. The van der Waals surface area contributed by atoms with Crippen LogP contribution >= 0.6 is 0 Å². The molecule has 3 nitrogen and oxygen atoms in total. The third-order valence-electron chi connectivity index (χ3n) is 0.776. The van der Waals surface area contributed by atoms with Crippen LogP contribution in [0.4, 0.5) is 0 Å². The minimum atomic E-state index is -0.856. The van der Waals surface area contributed by atoms with Gasteiger partial charge in [-0.3, -0.25) is 4.79 Å².